The molecule has 5 aliphatic rings. The molecule has 0 amide bonds. The Hall–Kier alpha value is -0.530. The number of hydrogen-bond donors (Lipinski definition) is 0. The lowest BCUT2D eigenvalue weighted by Gasteiger charge is -2.62. The van der Waals surface area contributed by atoms with Crippen LogP contribution in [0.5, 0.6) is 0 Å². The lowest BCUT2D eigenvalue weighted by molar-refractivity contribution is -0.101. The summed E-state index contributed by atoms with van der Waals surface area (Å²) < 4.78 is 6.07. The first kappa shape index (κ1) is 13.2. The first-order valence-corrected chi connectivity index (χ1v) is 8.53. The minimum absolute atomic E-state index is 0.0190. The van der Waals surface area contributed by atoms with Gasteiger partial charge < -0.3 is 4.74 Å². The van der Waals surface area contributed by atoms with E-state index < -0.39 is 0 Å². The van der Waals surface area contributed by atoms with Gasteiger partial charge in [-0.15, -0.1) is 0 Å². The molecule has 4 saturated carbocycles. The molecule has 1 heterocycles. The molecular formula is C18H29NO. The van der Waals surface area contributed by atoms with Crippen molar-refractivity contribution in [2.75, 3.05) is 6.61 Å². The third-order valence-electron chi connectivity index (χ3n) is 6.87. The van der Waals surface area contributed by atoms with Gasteiger partial charge in [-0.25, -0.2) is 4.99 Å². The average molecular weight is 275 g/mol. The van der Waals surface area contributed by atoms with Gasteiger partial charge in [-0.1, -0.05) is 13.8 Å². The van der Waals surface area contributed by atoms with Crippen LogP contribution in [0.1, 0.15) is 66.2 Å². The molecule has 5 rings (SSSR count). The van der Waals surface area contributed by atoms with Gasteiger partial charge in [-0.2, -0.15) is 0 Å². The van der Waals surface area contributed by atoms with Crippen molar-refractivity contribution in [2.24, 2.45) is 33.6 Å². The number of hydrogen-bond acceptors (Lipinski definition) is 2. The zero-order valence-electron chi connectivity index (χ0n) is 13.5. The highest BCUT2D eigenvalue weighted by molar-refractivity contribution is 5.84. The van der Waals surface area contributed by atoms with Crippen LogP contribution in [-0.2, 0) is 4.74 Å². The fraction of sp³-hybridized carbons (Fsp3) is 0.944. The third-order valence-corrected chi connectivity index (χ3v) is 6.87. The molecule has 2 heteroatoms. The van der Waals surface area contributed by atoms with Crippen LogP contribution in [0.15, 0.2) is 4.99 Å². The van der Waals surface area contributed by atoms with Crippen molar-refractivity contribution in [2.45, 2.75) is 71.8 Å². The summed E-state index contributed by atoms with van der Waals surface area (Å²) in [5.74, 6) is 4.05. The average Bonchev–Trinajstić information content (AvgIpc) is 2.68. The van der Waals surface area contributed by atoms with E-state index in [1.54, 1.807) is 0 Å². The predicted octanol–water partition coefficient (Wildman–Crippen LogP) is 4.44. The molecule has 4 aliphatic carbocycles. The Bertz CT molecular complexity index is 425. The van der Waals surface area contributed by atoms with Crippen molar-refractivity contribution in [3.8, 4) is 0 Å². The van der Waals surface area contributed by atoms with Crippen molar-refractivity contribution >= 4 is 5.90 Å². The summed E-state index contributed by atoms with van der Waals surface area (Å²) in [5.41, 5.74) is 0.576. The molecule has 0 saturated heterocycles. The zero-order chi connectivity index (χ0) is 14.2. The second-order valence-electron chi connectivity index (χ2n) is 9.34. The van der Waals surface area contributed by atoms with Crippen LogP contribution in [0.3, 0.4) is 0 Å². The van der Waals surface area contributed by atoms with Crippen LogP contribution in [0.2, 0.25) is 0 Å². The first-order valence-electron chi connectivity index (χ1n) is 8.53. The molecule has 0 aromatic carbocycles. The van der Waals surface area contributed by atoms with Crippen molar-refractivity contribution in [3.63, 3.8) is 0 Å². The minimum atomic E-state index is -0.0190. The number of ether oxygens (including phenoxy) is 1. The van der Waals surface area contributed by atoms with Crippen molar-refractivity contribution < 1.29 is 4.74 Å². The normalized spacial score (nSPS) is 45.4. The molecule has 0 aromatic rings. The van der Waals surface area contributed by atoms with Gasteiger partial charge in [0, 0.05) is 5.41 Å². The quantitative estimate of drug-likeness (QED) is 0.730. The van der Waals surface area contributed by atoms with Crippen molar-refractivity contribution in [3.05, 3.63) is 0 Å². The Morgan fingerprint density at radius 2 is 1.50 bits per heavy atom. The van der Waals surface area contributed by atoms with Gasteiger partial charge in [-0.05, 0) is 75.5 Å². The van der Waals surface area contributed by atoms with E-state index in [-0.39, 0.29) is 11.0 Å². The molecule has 0 unspecified atom stereocenters. The van der Waals surface area contributed by atoms with E-state index in [2.05, 4.69) is 27.7 Å². The van der Waals surface area contributed by atoms with Gasteiger partial charge in [0.2, 0.25) is 0 Å². The van der Waals surface area contributed by atoms with Gasteiger partial charge in [0.1, 0.15) is 6.61 Å². The fourth-order valence-corrected chi connectivity index (χ4v) is 6.01. The second kappa shape index (κ2) is 3.81. The van der Waals surface area contributed by atoms with Crippen LogP contribution in [0.4, 0.5) is 0 Å². The van der Waals surface area contributed by atoms with Crippen LogP contribution >= 0.6 is 0 Å². The smallest absolute Gasteiger partial charge is 0.190 e. The molecule has 4 bridgehead atoms. The monoisotopic (exact) mass is 275 g/mol. The molecule has 1 aliphatic heterocycles. The number of aliphatic imine (C=N–C) groups is 1. The molecule has 2 nitrogen and oxygen atoms in total. The molecule has 0 N–H and O–H groups in total. The van der Waals surface area contributed by atoms with Crippen LogP contribution < -0.4 is 0 Å². The standard InChI is InChI=1S/C18H29NO/c1-16(2)11-20-15(19-16)17(3,4)18-8-12-5-13(9-18)7-14(6-12)10-18/h12-14H,5-11H2,1-4H3. The Morgan fingerprint density at radius 1 is 1.00 bits per heavy atom. The second-order valence-corrected chi connectivity index (χ2v) is 9.34. The number of rotatable bonds is 2. The summed E-state index contributed by atoms with van der Waals surface area (Å²) in [6.07, 6.45) is 8.80. The number of nitrogens with zero attached hydrogens (tertiary/aromatic N) is 1. The van der Waals surface area contributed by atoms with E-state index in [0.29, 0.717) is 5.41 Å². The topological polar surface area (TPSA) is 21.6 Å². The van der Waals surface area contributed by atoms with Gasteiger partial charge in [0.25, 0.3) is 0 Å². The summed E-state index contributed by atoms with van der Waals surface area (Å²) in [6.45, 7) is 9.98. The Morgan fingerprint density at radius 3 is 1.90 bits per heavy atom. The van der Waals surface area contributed by atoms with Crippen molar-refractivity contribution in [1.82, 2.24) is 0 Å². The van der Waals surface area contributed by atoms with E-state index in [1.807, 2.05) is 0 Å². The zero-order valence-corrected chi connectivity index (χ0v) is 13.5. The highest BCUT2D eigenvalue weighted by Gasteiger charge is 2.59. The van der Waals surface area contributed by atoms with E-state index in [0.717, 1.165) is 30.3 Å². The van der Waals surface area contributed by atoms with Gasteiger partial charge in [0.05, 0.1) is 5.54 Å². The SMILES string of the molecule is CC1(C)COC(C(C)(C)C23CC4CC(CC(C4)C2)C3)=N1. The molecule has 4 fully saturated rings. The summed E-state index contributed by atoms with van der Waals surface area (Å²) in [4.78, 5) is 4.94. The summed E-state index contributed by atoms with van der Waals surface area (Å²) in [6, 6.07) is 0. The largest absolute Gasteiger partial charge is 0.478 e. The van der Waals surface area contributed by atoms with Gasteiger partial charge >= 0.3 is 0 Å². The summed E-state index contributed by atoms with van der Waals surface area (Å²) in [7, 11) is 0. The molecular weight excluding hydrogens is 246 g/mol. The Kier molecular flexibility index (Phi) is 2.51. The third kappa shape index (κ3) is 1.72. The molecule has 0 atom stereocenters. The Labute approximate surface area is 123 Å². The van der Waals surface area contributed by atoms with Crippen LogP contribution in [0, 0.1) is 28.6 Å². The lowest BCUT2D eigenvalue weighted by Crippen LogP contribution is -2.55. The van der Waals surface area contributed by atoms with Gasteiger partial charge in [0.15, 0.2) is 5.90 Å². The van der Waals surface area contributed by atoms with Gasteiger partial charge in [-0.3, -0.25) is 0 Å². The maximum Gasteiger partial charge on any atom is 0.190 e. The molecule has 0 aromatic heterocycles. The predicted molar refractivity (Wildman–Crippen MR) is 81.9 cm³/mol. The highest BCUT2D eigenvalue weighted by Crippen LogP contribution is 2.66. The lowest BCUT2D eigenvalue weighted by atomic mass is 9.43. The Balaban J connectivity index is 1.69. The van der Waals surface area contributed by atoms with E-state index in [9.17, 15) is 0 Å². The van der Waals surface area contributed by atoms with E-state index in [1.165, 1.54) is 38.5 Å². The summed E-state index contributed by atoms with van der Waals surface area (Å²) in [5, 5.41) is 0. The molecule has 0 radical (unpaired) electrons. The fourth-order valence-electron chi connectivity index (χ4n) is 6.01. The first-order chi connectivity index (χ1) is 9.30. The minimum Gasteiger partial charge on any atom is -0.478 e. The van der Waals surface area contributed by atoms with E-state index >= 15 is 0 Å². The summed E-state index contributed by atoms with van der Waals surface area (Å²) >= 11 is 0. The van der Waals surface area contributed by atoms with Crippen LogP contribution in [0.25, 0.3) is 0 Å². The van der Waals surface area contributed by atoms with E-state index in [4.69, 9.17) is 9.73 Å². The maximum atomic E-state index is 6.07. The molecule has 112 valence electrons. The van der Waals surface area contributed by atoms with Crippen LogP contribution in [-0.4, -0.2) is 18.0 Å². The van der Waals surface area contributed by atoms with Crippen molar-refractivity contribution in [1.29, 1.82) is 0 Å². The molecule has 0 spiro atoms. The molecule has 20 heavy (non-hydrogen) atoms. The highest BCUT2D eigenvalue weighted by atomic mass is 16.5. The maximum absolute atomic E-state index is 6.07.